The summed E-state index contributed by atoms with van der Waals surface area (Å²) < 4.78 is 47.8. The summed E-state index contributed by atoms with van der Waals surface area (Å²) in [5.74, 6) is 0.351. The minimum absolute atomic E-state index is 0.194. The van der Waals surface area contributed by atoms with Crippen LogP contribution in [0.3, 0.4) is 0 Å². The van der Waals surface area contributed by atoms with Crippen LogP contribution in [0.4, 0.5) is 13.2 Å². The maximum atomic E-state index is 12.4. The number of oxazole rings is 1. The van der Waals surface area contributed by atoms with E-state index in [1.807, 2.05) is 13.8 Å². The van der Waals surface area contributed by atoms with Crippen molar-refractivity contribution in [2.45, 2.75) is 26.6 Å². The number of ether oxygens (including phenoxy) is 1. The summed E-state index contributed by atoms with van der Waals surface area (Å²) in [5, 5.41) is 0. The molecule has 0 aliphatic rings. The highest BCUT2D eigenvalue weighted by atomic mass is 79.9. The molecule has 1 heterocycles. The number of aromatic nitrogens is 1. The van der Waals surface area contributed by atoms with Crippen LogP contribution in [0, 0.1) is 0 Å². The molecule has 0 unspecified atom stereocenters. The van der Waals surface area contributed by atoms with Crippen molar-refractivity contribution < 1.29 is 22.3 Å². The molecule has 0 saturated carbocycles. The molecule has 0 bridgehead atoms. The van der Waals surface area contributed by atoms with E-state index in [0.29, 0.717) is 21.8 Å². The summed E-state index contributed by atoms with van der Waals surface area (Å²) in [6.07, 6.45) is -4.35. The number of hydrogen-bond donors (Lipinski definition) is 0. The lowest BCUT2D eigenvalue weighted by Gasteiger charge is -2.06. The largest absolute Gasteiger partial charge is 0.431 e. The second kappa shape index (κ2) is 7.61. The van der Waals surface area contributed by atoms with Gasteiger partial charge in [0.05, 0.1) is 5.56 Å². The van der Waals surface area contributed by atoms with Crippen molar-refractivity contribution in [3.8, 4) is 11.3 Å². The maximum Gasteiger partial charge on any atom is 0.416 e. The molecule has 7 heteroatoms. The lowest BCUT2D eigenvalue weighted by atomic mass is 10.1. The number of benzene rings is 1. The molecule has 1 aromatic heterocycles. The predicted molar refractivity (Wildman–Crippen MR) is 76.7 cm³/mol. The van der Waals surface area contributed by atoms with Gasteiger partial charge in [-0.2, -0.15) is 13.2 Å². The second-order valence-corrected chi connectivity index (χ2v) is 4.46. The highest BCUT2D eigenvalue weighted by molar-refractivity contribution is 9.10. The van der Waals surface area contributed by atoms with E-state index in [2.05, 4.69) is 20.9 Å². The summed E-state index contributed by atoms with van der Waals surface area (Å²) >= 11 is 3.17. The Morgan fingerprint density at radius 3 is 2.24 bits per heavy atom. The van der Waals surface area contributed by atoms with Gasteiger partial charge < -0.3 is 9.15 Å². The van der Waals surface area contributed by atoms with Crippen molar-refractivity contribution in [2.24, 2.45) is 0 Å². The van der Waals surface area contributed by atoms with Gasteiger partial charge in [-0.15, -0.1) is 0 Å². The molecule has 0 saturated heterocycles. The first kappa shape index (κ1) is 17.7. The minimum atomic E-state index is -4.35. The molecule has 1 aromatic carbocycles. The predicted octanol–water partition coefficient (Wildman–Crippen LogP) is 5.30. The molecule has 0 aliphatic heterocycles. The number of rotatable bonds is 3. The van der Waals surface area contributed by atoms with Crippen LogP contribution in [0.1, 0.15) is 25.3 Å². The summed E-state index contributed by atoms with van der Waals surface area (Å²) in [4.78, 5) is 4.14. The number of hydrogen-bond acceptors (Lipinski definition) is 3. The van der Waals surface area contributed by atoms with Gasteiger partial charge in [-0.3, -0.25) is 0 Å². The fraction of sp³-hybridized carbons (Fsp3) is 0.357. The summed E-state index contributed by atoms with van der Waals surface area (Å²) in [6, 6.07) is 4.71. The Bertz CT molecular complexity index is 565. The van der Waals surface area contributed by atoms with Crippen LogP contribution in [-0.2, 0) is 17.5 Å². The average Bonchev–Trinajstić information content (AvgIpc) is 2.81. The van der Waals surface area contributed by atoms with Crippen molar-refractivity contribution >= 4 is 15.9 Å². The van der Waals surface area contributed by atoms with Gasteiger partial charge in [0.15, 0.2) is 4.67 Å². The van der Waals surface area contributed by atoms with Crippen LogP contribution in [0.5, 0.6) is 0 Å². The Morgan fingerprint density at radius 1 is 1.19 bits per heavy atom. The van der Waals surface area contributed by atoms with E-state index >= 15 is 0 Å². The van der Waals surface area contributed by atoms with Gasteiger partial charge in [0.2, 0.25) is 5.89 Å². The minimum Gasteiger partial charge on any atom is -0.431 e. The normalized spacial score (nSPS) is 11.0. The van der Waals surface area contributed by atoms with Crippen molar-refractivity contribution in [1.29, 1.82) is 0 Å². The van der Waals surface area contributed by atoms with E-state index < -0.39 is 11.7 Å². The number of alkyl halides is 3. The molecule has 2 aromatic rings. The molecule has 0 atom stereocenters. The maximum absolute atomic E-state index is 12.4. The van der Waals surface area contributed by atoms with E-state index in [0.717, 1.165) is 12.1 Å². The van der Waals surface area contributed by atoms with E-state index in [1.165, 1.54) is 19.2 Å². The fourth-order valence-corrected chi connectivity index (χ4v) is 2.03. The van der Waals surface area contributed by atoms with E-state index in [9.17, 15) is 13.2 Å². The summed E-state index contributed by atoms with van der Waals surface area (Å²) in [6.45, 7) is 4.19. The highest BCUT2D eigenvalue weighted by Crippen LogP contribution is 2.33. The monoisotopic (exact) mass is 365 g/mol. The molecule has 0 radical (unpaired) electrons. The Balaban J connectivity index is 0.00000106. The SMILES string of the molecule is CC.COCc1nc(-c2ccc(C(F)(F)F)cc2)c(Br)o1. The molecule has 0 fully saturated rings. The average molecular weight is 366 g/mol. The Hall–Kier alpha value is -1.34. The lowest BCUT2D eigenvalue weighted by molar-refractivity contribution is -0.137. The first-order chi connectivity index (χ1) is 9.91. The molecule has 2 rings (SSSR count). The first-order valence-corrected chi connectivity index (χ1v) is 7.03. The molecule has 3 nitrogen and oxygen atoms in total. The van der Waals surface area contributed by atoms with E-state index in [-0.39, 0.29) is 6.61 Å². The van der Waals surface area contributed by atoms with Gasteiger partial charge >= 0.3 is 6.18 Å². The van der Waals surface area contributed by atoms with Gasteiger partial charge in [0.25, 0.3) is 0 Å². The third-order valence-corrected chi connectivity index (χ3v) is 2.92. The Morgan fingerprint density at radius 2 is 1.76 bits per heavy atom. The topological polar surface area (TPSA) is 35.3 Å². The van der Waals surface area contributed by atoms with Gasteiger partial charge in [0, 0.05) is 12.7 Å². The third kappa shape index (κ3) is 4.57. The molecular formula is C14H15BrF3NO2. The molecule has 0 spiro atoms. The summed E-state index contributed by atoms with van der Waals surface area (Å²) in [7, 11) is 1.50. The van der Waals surface area contributed by atoms with Crippen molar-refractivity contribution in [3.05, 3.63) is 40.4 Å². The Labute approximate surface area is 129 Å². The van der Waals surface area contributed by atoms with E-state index in [1.54, 1.807) is 0 Å². The molecule has 116 valence electrons. The van der Waals surface area contributed by atoms with Crippen LogP contribution in [0.25, 0.3) is 11.3 Å². The second-order valence-electron chi connectivity index (χ2n) is 3.74. The van der Waals surface area contributed by atoms with Crippen LogP contribution in [0.2, 0.25) is 0 Å². The third-order valence-electron chi connectivity index (χ3n) is 2.38. The van der Waals surface area contributed by atoms with Gasteiger partial charge in [-0.1, -0.05) is 26.0 Å². The summed E-state index contributed by atoms with van der Waals surface area (Å²) in [5.41, 5.74) is 0.278. The quantitative estimate of drug-likeness (QED) is 0.740. The van der Waals surface area contributed by atoms with E-state index in [4.69, 9.17) is 9.15 Å². The molecule has 0 amide bonds. The lowest BCUT2D eigenvalue weighted by Crippen LogP contribution is -2.04. The van der Waals surface area contributed by atoms with Crippen LogP contribution in [0.15, 0.2) is 33.4 Å². The zero-order chi connectivity index (χ0) is 16.0. The molecule has 0 aliphatic carbocycles. The van der Waals surface area contributed by atoms with Crippen molar-refractivity contribution in [2.75, 3.05) is 7.11 Å². The zero-order valence-electron chi connectivity index (χ0n) is 11.8. The van der Waals surface area contributed by atoms with Gasteiger partial charge in [-0.25, -0.2) is 4.98 Å². The number of nitrogens with zero attached hydrogens (tertiary/aromatic N) is 1. The fourth-order valence-electron chi connectivity index (χ4n) is 1.52. The number of halogens is 4. The van der Waals surface area contributed by atoms with Crippen molar-refractivity contribution in [1.82, 2.24) is 4.98 Å². The van der Waals surface area contributed by atoms with Gasteiger partial charge in [0.1, 0.15) is 12.3 Å². The molecule has 0 N–H and O–H groups in total. The smallest absolute Gasteiger partial charge is 0.416 e. The number of methoxy groups -OCH3 is 1. The first-order valence-electron chi connectivity index (χ1n) is 6.23. The van der Waals surface area contributed by atoms with Gasteiger partial charge in [-0.05, 0) is 28.1 Å². The van der Waals surface area contributed by atoms with Crippen molar-refractivity contribution in [3.63, 3.8) is 0 Å². The Kier molecular flexibility index (Phi) is 6.42. The molecule has 21 heavy (non-hydrogen) atoms. The van der Waals surface area contributed by atoms with Crippen LogP contribution in [-0.4, -0.2) is 12.1 Å². The van der Waals surface area contributed by atoms with Crippen LogP contribution >= 0.6 is 15.9 Å². The highest BCUT2D eigenvalue weighted by Gasteiger charge is 2.30. The molecular weight excluding hydrogens is 351 g/mol. The van der Waals surface area contributed by atoms with Crippen LogP contribution < -0.4 is 0 Å². The zero-order valence-corrected chi connectivity index (χ0v) is 13.4. The standard InChI is InChI=1S/C12H9BrF3NO2.C2H6/c1-18-6-9-17-10(11(13)19-9)7-2-4-8(5-3-7)12(14,15)16;1-2/h2-5H,6H2,1H3;1-2H3.